The Morgan fingerprint density at radius 1 is 1.18 bits per heavy atom. The van der Waals surface area contributed by atoms with Crippen molar-refractivity contribution < 1.29 is 10.1 Å². The van der Waals surface area contributed by atoms with Gasteiger partial charge < -0.3 is 5.11 Å². The number of hydrazine groups is 1. The average Bonchev–Trinajstić information content (AvgIpc) is 2.72. The van der Waals surface area contributed by atoms with Crippen LogP contribution in [0.15, 0.2) is 38.8 Å². The molecule has 0 amide bonds. The number of rotatable bonds is 4. The largest absolute Gasteiger partial charge is 0.493 e. The topological polar surface area (TPSA) is 166 Å². The van der Waals surface area contributed by atoms with Crippen LogP contribution >= 0.6 is 0 Å². The van der Waals surface area contributed by atoms with E-state index < -0.39 is 33.7 Å². The van der Waals surface area contributed by atoms with Crippen molar-refractivity contribution >= 4 is 12.2 Å². The molecule has 11 nitrogen and oxygen atoms in total. The van der Waals surface area contributed by atoms with E-state index in [1.165, 1.54) is 49.5 Å². The highest BCUT2D eigenvalue weighted by molar-refractivity contribution is 5.92. The molecule has 2 aromatic rings. The maximum atomic E-state index is 12.5. The Balaban J connectivity index is 1.47. The lowest BCUT2D eigenvalue weighted by Gasteiger charge is -2.57. The van der Waals surface area contributed by atoms with Crippen molar-refractivity contribution in [2.24, 2.45) is 22.7 Å². The Morgan fingerprint density at radius 3 is 2.30 bits per heavy atom. The molecule has 11 heteroatoms. The minimum atomic E-state index is -0.976. The molecule has 4 saturated carbocycles. The zero-order valence-corrected chi connectivity index (χ0v) is 17.8. The third kappa shape index (κ3) is 3.73. The van der Waals surface area contributed by atoms with Crippen molar-refractivity contribution in [2.75, 3.05) is 0 Å². The first kappa shape index (κ1) is 21.1. The zero-order valence-electron chi connectivity index (χ0n) is 17.8. The van der Waals surface area contributed by atoms with Crippen molar-refractivity contribution in [2.45, 2.75) is 43.9 Å². The summed E-state index contributed by atoms with van der Waals surface area (Å²) in [6, 6.07) is 7.52. The molecule has 4 bridgehead atoms. The lowest BCUT2D eigenvalue weighted by molar-refractivity contribution is -0.525. The van der Waals surface area contributed by atoms with Gasteiger partial charge in [-0.05, 0) is 79.4 Å². The molecule has 4 aliphatic rings. The van der Waals surface area contributed by atoms with Gasteiger partial charge in [-0.25, -0.2) is 24.5 Å². The molecule has 4 fully saturated rings. The van der Waals surface area contributed by atoms with Gasteiger partial charge in [-0.1, -0.05) is 17.6 Å². The van der Waals surface area contributed by atoms with E-state index in [2.05, 4.69) is 9.98 Å². The maximum Gasteiger partial charge on any atom is 0.335 e. The van der Waals surface area contributed by atoms with Gasteiger partial charge in [0.25, 0.3) is 11.5 Å². The third-order valence-corrected chi connectivity index (χ3v) is 7.42. The second-order valence-corrected chi connectivity index (χ2v) is 9.55. The Labute approximate surface area is 187 Å². The number of nitrogens with zero attached hydrogens (tertiary/aromatic N) is 3. The molecular weight excluding hydrogens is 428 g/mol. The number of aromatic nitrogens is 2. The molecule has 1 aromatic carbocycles. The minimum absolute atomic E-state index is 0.188. The van der Waals surface area contributed by atoms with Gasteiger partial charge in [0.1, 0.15) is 5.56 Å². The highest BCUT2D eigenvalue weighted by atomic mass is 16.7. The molecular formula is C22H24N6O5. The number of hydrogen-bond donors (Lipinski definition) is 4. The lowest BCUT2D eigenvalue weighted by Crippen LogP contribution is -2.48. The standard InChI is InChI=1S/C22H24N6O5/c23-20(26-28(32)33)24-11-17-18(29)25-21(31)27(19(17)30)16-3-1-15(2-4-16)22-8-12-5-13(9-22)7-14(6-12)10-22/h1-4,11-14,30H,5-10H2,(H2,23,26)(H,25,29,31). The SMILES string of the molecule is N=C(N=Cc1c(O)n(-c2ccc(C34CC5CC(CC(C5)C3)C4)cc2)c(=O)[nH]c1=O)N[N+](=O)[O-]. The summed E-state index contributed by atoms with van der Waals surface area (Å²) in [5, 5.41) is 27.4. The molecule has 4 N–H and O–H groups in total. The number of nitro groups is 1. The van der Waals surface area contributed by atoms with Crippen molar-refractivity contribution in [3.8, 4) is 11.6 Å². The summed E-state index contributed by atoms with van der Waals surface area (Å²) in [7, 11) is 0. The Hall–Kier alpha value is -3.76. The van der Waals surface area contributed by atoms with E-state index in [-0.39, 0.29) is 5.41 Å². The van der Waals surface area contributed by atoms with Crippen molar-refractivity contribution in [3.63, 3.8) is 0 Å². The lowest BCUT2D eigenvalue weighted by atomic mass is 9.48. The number of aliphatic imine (C=N–C) groups is 1. The minimum Gasteiger partial charge on any atom is -0.493 e. The summed E-state index contributed by atoms with van der Waals surface area (Å²) < 4.78 is 0.941. The fraction of sp³-hybridized carbons (Fsp3) is 0.455. The number of guanidine groups is 1. The number of benzene rings is 1. The normalized spacial score (nSPS) is 27.7. The molecule has 0 spiro atoms. The maximum absolute atomic E-state index is 12.5. The van der Waals surface area contributed by atoms with Crippen LogP contribution in [0.3, 0.4) is 0 Å². The number of nitrogens with one attached hydrogen (secondary N) is 3. The van der Waals surface area contributed by atoms with E-state index in [0.29, 0.717) is 5.69 Å². The van der Waals surface area contributed by atoms with E-state index in [4.69, 9.17) is 5.41 Å². The summed E-state index contributed by atoms with van der Waals surface area (Å²) in [4.78, 5) is 40.6. The molecule has 0 unspecified atom stereocenters. The molecule has 0 radical (unpaired) electrons. The number of aromatic hydroxyl groups is 1. The Bertz CT molecular complexity index is 1240. The second-order valence-electron chi connectivity index (χ2n) is 9.55. The van der Waals surface area contributed by atoms with Crippen LogP contribution in [0.4, 0.5) is 0 Å². The third-order valence-electron chi connectivity index (χ3n) is 7.42. The summed E-state index contributed by atoms with van der Waals surface area (Å²) >= 11 is 0. The van der Waals surface area contributed by atoms with Gasteiger partial charge >= 0.3 is 5.69 Å². The van der Waals surface area contributed by atoms with Gasteiger partial charge in [-0.3, -0.25) is 15.2 Å². The van der Waals surface area contributed by atoms with Crippen LogP contribution < -0.4 is 16.7 Å². The van der Waals surface area contributed by atoms with Crippen LogP contribution in [0.1, 0.15) is 49.7 Å². The molecule has 0 atom stereocenters. The van der Waals surface area contributed by atoms with Crippen molar-refractivity contribution in [1.29, 1.82) is 5.41 Å². The van der Waals surface area contributed by atoms with Crippen LogP contribution in [0.2, 0.25) is 0 Å². The predicted octanol–water partition coefficient (Wildman–Crippen LogP) is 1.83. The average molecular weight is 452 g/mol. The summed E-state index contributed by atoms with van der Waals surface area (Å²) in [5.41, 5.74) is 1.19. The van der Waals surface area contributed by atoms with Crippen molar-refractivity contribution in [3.05, 3.63) is 66.3 Å². The van der Waals surface area contributed by atoms with E-state index in [9.17, 15) is 24.8 Å². The second kappa shape index (κ2) is 7.68. The van der Waals surface area contributed by atoms with Gasteiger partial charge in [0, 0.05) is 6.21 Å². The smallest absolute Gasteiger partial charge is 0.335 e. The van der Waals surface area contributed by atoms with E-state index in [1.54, 1.807) is 12.1 Å². The van der Waals surface area contributed by atoms with Gasteiger partial charge in [-0.15, -0.1) is 0 Å². The summed E-state index contributed by atoms with van der Waals surface area (Å²) in [6.45, 7) is 0. The number of hydrogen-bond acceptors (Lipinski definition) is 6. The van der Waals surface area contributed by atoms with Gasteiger partial charge in [0.2, 0.25) is 5.88 Å². The molecule has 1 heterocycles. The fourth-order valence-corrected chi connectivity index (χ4v) is 6.57. The van der Waals surface area contributed by atoms with E-state index in [0.717, 1.165) is 28.5 Å². The van der Waals surface area contributed by atoms with Crippen molar-refractivity contribution in [1.82, 2.24) is 15.0 Å². The molecule has 1 aromatic heterocycles. The monoisotopic (exact) mass is 452 g/mol. The first-order chi connectivity index (χ1) is 15.7. The Morgan fingerprint density at radius 2 is 1.76 bits per heavy atom. The summed E-state index contributed by atoms with van der Waals surface area (Å²) in [6.07, 6.45) is 8.43. The molecule has 172 valence electrons. The first-order valence-electron chi connectivity index (χ1n) is 11.0. The van der Waals surface area contributed by atoms with E-state index >= 15 is 0 Å². The quantitative estimate of drug-likeness (QED) is 0.239. The van der Waals surface area contributed by atoms with E-state index in [1.807, 2.05) is 12.1 Å². The molecule has 6 rings (SSSR count). The molecule has 33 heavy (non-hydrogen) atoms. The van der Waals surface area contributed by atoms with Crippen LogP contribution in [0, 0.1) is 33.3 Å². The number of aromatic amines is 1. The van der Waals surface area contributed by atoms with Crippen LogP contribution in [0.25, 0.3) is 5.69 Å². The summed E-state index contributed by atoms with van der Waals surface area (Å²) in [5.74, 6) is 0.895. The predicted molar refractivity (Wildman–Crippen MR) is 120 cm³/mol. The van der Waals surface area contributed by atoms with Crippen LogP contribution in [-0.4, -0.2) is 31.9 Å². The highest BCUT2D eigenvalue weighted by Gasteiger charge is 2.51. The van der Waals surface area contributed by atoms with Gasteiger partial charge in [0.15, 0.2) is 5.03 Å². The van der Waals surface area contributed by atoms with Gasteiger partial charge in [0.05, 0.1) is 5.69 Å². The van der Waals surface area contributed by atoms with Crippen LogP contribution in [-0.2, 0) is 5.41 Å². The number of H-pyrrole nitrogens is 1. The molecule has 4 aliphatic carbocycles. The fourth-order valence-electron chi connectivity index (χ4n) is 6.57. The first-order valence-corrected chi connectivity index (χ1v) is 11.0. The van der Waals surface area contributed by atoms with Crippen LogP contribution in [0.5, 0.6) is 5.88 Å². The highest BCUT2D eigenvalue weighted by Crippen LogP contribution is 2.60. The molecule has 0 aliphatic heterocycles. The molecule has 0 saturated heterocycles. The Kier molecular flexibility index (Phi) is 4.91. The zero-order chi connectivity index (χ0) is 23.3. The van der Waals surface area contributed by atoms with Gasteiger partial charge in [-0.2, -0.15) is 0 Å².